The number of nitrogens with one attached hydrogen (secondary N) is 1. The molecule has 8 nitrogen and oxygen atoms in total. The van der Waals surface area contributed by atoms with Crippen LogP contribution in [0.2, 0.25) is 0 Å². The molecule has 1 fully saturated rings. The van der Waals surface area contributed by atoms with E-state index in [-0.39, 0.29) is 18.0 Å². The Morgan fingerprint density at radius 1 is 1.03 bits per heavy atom. The van der Waals surface area contributed by atoms with E-state index >= 15 is 0 Å². The Balaban J connectivity index is 1.32. The van der Waals surface area contributed by atoms with Crippen molar-refractivity contribution in [1.82, 2.24) is 14.4 Å². The molecule has 0 radical (unpaired) electrons. The van der Waals surface area contributed by atoms with Gasteiger partial charge in [0.15, 0.2) is 0 Å². The van der Waals surface area contributed by atoms with Gasteiger partial charge >= 0.3 is 6.03 Å². The van der Waals surface area contributed by atoms with Crippen LogP contribution in [0.5, 0.6) is 11.5 Å². The molecule has 1 aliphatic heterocycles. The molecule has 3 heterocycles. The summed E-state index contributed by atoms with van der Waals surface area (Å²) in [7, 11) is 3.23. The van der Waals surface area contributed by atoms with Crippen molar-refractivity contribution in [3.8, 4) is 11.5 Å². The fraction of sp³-hybridized carbons (Fsp3) is 0.286. The first-order valence-electron chi connectivity index (χ1n) is 12.2. The number of carbonyl (C=O) groups excluding carboxylic acids is 2. The Morgan fingerprint density at radius 3 is 2.65 bits per heavy atom. The number of amides is 3. The molecule has 192 valence electrons. The highest BCUT2D eigenvalue weighted by molar-refractivity contribution is 7.16. The number of fused-ring (bicyclic) bond motifs is 1. The molecule has 3 amide bonds. The predicted molar refractivity (Wildman–Crippen MR) is 146 cm³/mol. The first-order chi connectivity index (χ1) is 18.0. The van der Waals surface area contributed by atoms with Crippen LogP contribution in [0, 0.1) is 0 Å². The molecule has 0 bridgehead atoms. The molecular formula is C28H30N4O4S. The van der Waals surface area contributed by atoms with Crippen molar-refractivity contribution in [3.05, 3.63) is 77.3 Å². The Hall–Kier alpha value is -3.98. The van der Waals surface area contributed by atoms with Crippen LogP contribution in [-0.2, 0) is 6.54 Å². The number of hydrogen-bond donors (Lipinski definition) is 1. The quantitative estimate of drug-likeness (QED) is 0.383. The fourth-order valence-electron chi connectivity index (χ4n) is 4.80. The lowest BCUT2D eigenvalue weighted by atomic mass is 10.1. The van der Waals surface area contributed by atoms with E-state index in [0.717, 1.165) is 21.5 Å². The number of rotatable bonds is 6. The van der Waals surface area contributed by atoms with E-state index in [4.69, 9.17) is 9.47 Å². The number of methoxy groups -OCH3 is 2. The van der Waals surface area contributed by atoms with Crippen LogP contribution in [0.3, 0.4) is 0 Å². The summed E-state index contributed by atoms with van der Waals surface area (Å²) in [5, 5.41) is 6.04. The number of anilines is 1. The minimum Gasteiger partial charge on any atom is -0.497 e. The number of piperazine rings is 1. The molecule has 2 aromatic heterocycles. The summed E-state index contributed by atoms with van der Waals surface area (Å²) in [6.07, 6.45) is 0. The summed E-state index contributed by atoms with van der Waals surface area (Å²) in [5.74, 6) is 1.37. The van der Waals surface area contributed by atoms with E-state index in [9.17, 15) is 9.59 Å². The van der Waals surface area contributed by atoms with Crippen molar-refractivity contribution in [2.45, 2.75) is 19.5 Å². The van der Waals surface area contributed by atoms with E-state index in [1.807, 2.05) is 71.8 Å². The van der Waals surface area contributed by atoms with Crippen LogP contribution < -0.4 is 14.8 Å². The summed E-state index contributed by atoms with van der Waals surface area (Å²) >= 11 is 1.63. The Bertz CT molecular complexity index is 1430. The third kappa shape index (κ3) is 4.99. The number of thiophene rings is 1. The number of carbonyl (C=O) groups is 2. The highest BCUT2D eigenvalue weighted by atomic mass is 32.1. The molecule has 0 unspecified atom stereocenters. The Morgan fingerprint density at radius 2 is 1.86 bits per heavy atom. The summed E-state index contributed by atoms with van der Waals surface area (Å²) < 4.78 is 12.8. The molecule has 0 aliphatic carbocycles. The fourth-order valence-corrected chi connectivity index (χ4v) is 5.70. The number of ether oxygens (including phenoxy) is 2. The molecule has 1 saturated heterocycles. The normalized spacial score (nSPS) is 15.6. The number of hydrogen-bond acceptors (Lipinski definition) is 5. The molecule has 1 N–H and O–H groups in total. The summed E-state index contributed by atoms with van der Waals surface area (Å²) in [6.45, 7) is 3.89. The van der Waals surface area contributed by atoms with Gasteiger partial charge in [0.1, 0.15) is 22.0 Å². The predicted octanol–water partition coefficient (Wildman–Crippen LogP) is 5.15. The van der Waals surface area contributed by atoms with Crippen LogP contribution >= 0.6 is 11.3 Å². The van der Waals surface area contributed by atoms with Gasteiger partial charge in [-0.05, 0) is 54.3 Å². The number of aromatic nitrogens is 1. The minimum absolute atomic E-state index is 0.0251. The van der Waals surface area contributed by atoms with Gasteiger partial charge < -0.3 is 29.2 Å². The first-order valence-corrected chi connectivity index (χ1v) is 13.1. The molecule has 1 aliphatic rings. The van der Waals surface area contributed by atoms with Gasteiger partial charge in [0.2, 0.25) is 0 Å². The second kappa shape index (κ2) is 10.6. The summed E-state index contributed by atoms with van der Waals surface area (Å²) in [5.41, 5.74) is 2.34. The third-order valence-corrected chi connectivity index (χ3v) is 7.67. The third-order valence-electron chi connectivity index (χ3n) is 6.72. The number of para-hydroxylation sites is 2. The van der Waals surface area contributed by atoms with E-state index in [1.54, 1.807) is 36.5 Å². The van der Waals surface area contributed by atoms with Crippen LogP contribution in [0.4, 0.5) is 10.5 Å². The minimum atomic E-state index is -0.203. The second-order valence-electron chi connectivity index (χ2n) is 9.07. The average molecular weight is 519 g/mol. The number of benzene rings is 2. The lowest BCUT2D eigenvalue weighted by Gasteiger charge is -2.39. The number of urea groups is 1. The lowest BCUT2D eigenvalue weighted by Crippen LogP contribution is -2.56. The monoisotopic (exact) mass is 518 g/mol. The van der Waals surface area contributed by atoms with Crippen LogP contribution in [-0.4, -0.2) is 66.2 Å². The standard InChI is InChI=1S/C28H30N4O4S/c1-19-17-30(12-13-31(19)28(34)29-23-9-4-5-10-25(23)36-3)26(33)24-16-21-11-14-37-27(21)32(24)18-20-7-6-8-22(15-20)35-2/h4-11,14-16,19H,12-13,17-18H2,1-3H3,(H,29,34)/t19-/m0/s1. The van der Waals surface area contributed by atoms with Gasteiger partial charge in [-0.15, -0.1) is 11.3 Å². The smallest absolute Gasteiger partial charge is 0.322 e. The van der Waals surface area contributed by atoms with E-state index < -0.39 is 0 Å². The summed E-state index contributed by atoms with van der Waals surface area (Å²) in [6, 6.07) is 18.9. The maximum atomic E-state index is 13.7. The zero-order valence-electron chi connectivity index (χ0n) is 21.1. The summed E-state index contributed by atoms with van der Waals surface area (Å²) in [4.78, 5) is 31.5. The van der Waals surface area contributed by atoms with Gasteiger partial charge in [-0.3, -0.25) is 4.79 Å². The van der Waals surface area contributed by atoms with Crippen LogP contribution in [0.1, 0.15) is 23.0 Å². The highest BCUT2D eigenvalue weighted by Gasteiger charge is 2.32. The van der Waals surface area contributed by atoms with Gasteiger partial charge in [-0.25, -0.2) is 4.79 Å². The molecule has 0 saturated carbocycles. The second-order valence-corrected chi connectivity index (χ2v) is 9.97. The SMILES string of the molecule is COc1cccc(Cn2c(C(=O)N3CCN(C(=O)Nc4ccccc4OC)[C@@H](C)C3)cc3ccsc32)c1. The zero-order chi connectivity index (χ0) is 25.9. The van der Waals surface area contributed by atoms with Crippen molar-refractivity contribution in [3.63, 3.8) is 0 Å². The van der Waals surface area contributed by atoms with E-state index in [2.05, 4.69) is 9.88 Å². The van der Waals surface area contributed by atoms with Crippen LogP contribution in [0.15, 0.2) is 66.0 Å². The van der Waals surface area contributed by atoms with Crippen molar-refractivity contribution < 1.29 is 19.1 Å². The van der Waals surface area contributed by atoms with Gasteiger partial charge in [0.25, 0.3) is 5.91 Å². The van der Waals surface area contributed by atoms with Crippen molar-refractivity contribution in [1.29, 1.82) is 0 Å². The maximum absolute atomic E-state index is 13.7. The molecule has 2 aromatic carbocycles. The molecule has 0 spiro atoms. The van der Waals surface area contributed by atoms with E-state index in [1.165, 1.54) is 0 Å². The van der Waals surface area contributed by atoms with Gasteiger partial charge in [0, 0.05) is 37.6 Å². The van der Waals surface area contributed by atoms with Crippen LogP contribution in [0.25, 0.3) is 10.2 Å². The van der Waals surface area contributed by atoms with Crippen molar-refractivity contribution >= 4 is 39.2 Å². The molecular weight excluding hydrogens is 488 g/mol. The molecule has 9 heteroatoms. The first kappa shape index (κ1) is 24.7. The highest BCUT2D eigenvalue weighted by Crippen LogP contribution is 2.29. The maximum Gasteiger partial charge on any atom is 0.322 e. The Labute approximate surface area is 220 Å². The van der Waals surface area contributed by atoms with Gasteiger partial charge in [-0.2, -0.15) is 0 Å². The molecule has 5 rings (SSSR count). The lowest BCUT2D eigenvalue weighted by molar-refractivity contribution is 0.0583. The molecule has 1 atom stereocenters. The Kier molecular flexibility index (Phi) is 7.05. The van der Waals surface area contributed by atoms with Crippen molar-refractivity contribution in [2.24, 2.45) is 0 Å². The van der Waals surface area contributed by atoms with E-state index in [0.29, 0.717) is 43.3 Å². The van der Waals surface area contributed by atoms with Crippen molar-refractivity contribution in [2.75, 3.05) is 39.2 Å². The number of nitrogens with zero attached hydrogens (tertiary/aromatic N) is 3. The van der Waals surface area contributed by atoms with Gasteiger partial charge in [-0.1, -0.05) is 24.3 Å². The topological polar surface area (TPSA) is 76.0 Å². The largest absolute Gasteiger partial charge is 0.497 e. The average Bonchev–Trinajstić information content (AvgIpc) is 3.51. The molecule has 37 heavy (non-hydrogen) atoms. The molecule has 4 aromatic rings. The zero-order valence-corrected chi connectivity index (χ0v) is 22.0. The van der Waals surface area contributed by atoms with Gasteiger partial charge in [0.05, 0.1) is 19.9 Å².